The first-order chi connectivity index (χ1) is 9.78. The molecule has 2 rings (SSSR count). The Labute approximate surface area is 127 Å². The molecule has 110 valence electrons. The van der Waals surface area contributed by atoms with Crippen LogP contribution in [0, 0.1) is 5.82 Å². The highest BCUT2D eigenvalue weighted by atomic mass is 79.9. The van der Waals surface area contributed by atoms with Crippen LogP contribution in [-0.2, 0) is 10.0 Å². The number of halogens is 2. The van der Waals surface area contributed by atoms with E-state index in [0.29, 0.717) is 4.47 Å². The Morgan fingerprint density at radius 3 is 2.57 bits per heavy atom. The van der Waals surface area contributed by atoms with Gasteiger partial charge in [0.05, 0.1) is 17.4 Å². The lowest BCUT2D eigenvalue weighted by Gasteiger charge is -2.09. The molecule has 21 heavy (non-hydrogen) atoms. The lowest BCUT2D eigenvalue weighted by atomic mass is 10.2. The monoisotopic (exact) mass is 374 g/mol. The number of hydrogen-bond donors (Lipinski definition) is 2. The molecular formula is C12H8BrFN2O4S. The van der Waals surface area contributed by atoms with Gasteiger partial charge in [-0.2, -0.15) is 0 Å². The van der Waals surface area contributed by atoms with E-state index < -0.39 is 21.8 Å². The molecule has 0 spiro atoms. The van der Waals surface area contributed by atoms with Crippen molar-refractivity contribution >= 4 is 37.6 Å². The predicted molar refractivity (Wildman–Crippen MR) is 76.1 cm³/mol. The molecular weight excluding hydrogens is 367 g/mol. The van der Waals surface area contributed by atoms with Crippen LogP contribution in [0.4, 0.5) is 10.1 Å². The van der Waals surface area contributed by atoms with E-state index in [1.807, 2.05) is 0 Å². The quantitative estimate of drug-likeness (QED) is 0.856. The molecule has 2 aromatic rings. The largest absolute Gasteiger partial charge is 0.478 e. The fourth-order valence-electron chi connectivity index (χ4n) is 1.53. The van der Waals surface area contributed by atoms with E-state index in [4.69, 9.17) is 5.11 Å². The van der Waals surface area contributed by atoms with Crippen molar-refractivity contribution < 1.29 is 22.7 Å². The van der Waals surface area contributed by atoms with Crippen LogP contribution < -0.4 is 4.72 Å². The van der Waals surface area contributed by atoms with Crippen LogP contribution in [0.5, 0.6) is 0 Å². The van der Waals surface area contributed by atoms with Gasteiger partial charge >= 0.3 is 5.97 Å². The second-order valence-corrected chi connectivity index (χ2v) is 6.58. The second kappa shape index (κ2) is 5.78. The first-order valence-electron chi connectivity index (χ1n) is 5.45. The van der Waals surface area contributed by atoms with Crippen LogP contribution in [0.3, 0.4) is 0 Å². The first kappa shape index (κ1) is 15.4. The SMILES string of the molecule is O=C(O)c1cc(Br)cc(NS(=O)(=O)c2cncc(F)c2)c1. The van der Waals surface area contributed by atoms with Crippen molar-refractivity contribution in [2.24, 2.45) is 0 Å². The van der Waals surface area contributed by atoms with Gasteiger partial charge in [-0.05, 0) is 24.3 Å². The summed E-state index contributed by atoms with van der Waals surface area (Å²) in [6, 6.07) is 4.67. The number of benzene rings is 1. The van der Waals surface area contributed by atoms with Crippen molar-refractivity contribution in [1.82, 2.24) is 4.98 Å². The van der Waals surface area contributed by atoms with Crippen LogP contribution in [-0.4, -0.2) is 24.5 Å². The number of nitrogens with one attached hydrogen (secondary N) is 1. The van der Waals surface area contributed by atoms with E-state index in [0.717, 1.165) is 24.5 Å². The van der Waals surface area contributed by atoms with Gasteiger partial charge in [0.1, 0.15) is 10.7 Å². The number of aromatic nitrogens is 1. The van der Waals surface area contributed by atoms with Crippen molar-refractivity contribution in [2.45, 2.75) is 4.90 Å². The molecule has 0 atom stereocenters. The fraction of sp³-hybridized carbons (Fsp3) is 0. The summed E-state index contributed by atoms with van der Waals surface area (Å²) in [4.78, 5) is 14.0. The number of carboxylic acids is 1. The highest BCUT2D eigenvalue weighted by Crippen LogP contribution is 2.22. The number of carboxylic acid groups (broad SMARTS) is 1. The molecule has 1 aromatic carbocycles. The molecule has 0 aliphatic heterocycles. The smallest absolute Gasteiger partial charge is 0.335 e. The van der Waals surface area contributed by atoms with Gasteiger partial charge in [0.25, 0.3) is 10.0 Å². The summed E-state index contributed by atoms with van der Waals surface area (Å²) in [6.45, 7) is 0. The van der Waals surface area contributed by atoms with Gasteiger partial charge in [-0.3, -0.25) is 9.71 Å². The fourth-order valence-corrected chi connectivity index (χ4v) is 3.03. The maximum atomic E-state index is 13.0. The highest BCUT2D eigenvalue weighted by Gasteiger charge is 2.17. The molecule has 0 unspecified atom stereocenters. The molecule has 1 aromatic heterocycles. The minimum absolute atomic E-state index is 0.0334. The van der Waals surface area contributed by atoms with Crippen molar-refractivity contribution in [2.75, 3.05) is 4.72 Å². The minimum Gasteiger partial charge on any atom is -0.478 e. The zero-order chi connectivity index (χ0) is 15.6. The summed E-state index contributed by atoms with van der Waals surface area (Å²) >= 11 is 3.09. The van der Waals surface area contributed by atoms with E-state index in [2.05, 4.69) is 25.6 Å². The molecule has 0 saturated carbocycles. The standard InChI is InChI=1S/C12H8BrFN2O4S/c13-8-1-7(12(17)18)2-10(3-8)16-21(19,20)11-4-9(14)5-15-6-11/h1-6,16H,(H,17,18). The van der Waals surface area contributed by atoms with Gasteiger partial charge in [-0.15, -0.1) is 0 Å². The van der Waals surface area contributed by atoms with Crippen LogP contribution in [0.1, 0.15) is 10.4 Å². The molecule has 0 aliphatic carbocycles. The zero-order valence-corrected chi connectivity index (χ0v) is 12.6. The van der Waals surface area contributed by atoms with Crippen LogP contribution >= 0.6 is 15.9 Å². The summed E-state index contributed by atoms with van der Waals surface area (Å²) in [6.07, 6.45) is 1.86. The Balaban J connectivity index is 2.39. The van der Waals surface area contributed by atoms with Crippen LogP contribution in [0.25, 0.3) is 0 Å². The summed E-state index contributed by atoms with van der Waals surface area (Å²) < 4.78 is 39.7. The molecule has 0 bridgehead atoms. The normalized spacial score (nSPS) is 11.1. The molecule has 0 saturated heterocycles. The van der Waals surface area contributed by atoms with Crippen LogP contribution in [0.15, 0.2) is 46.0 Å². The maximum absolute atomic E-state index is 13.0. The van der Waals surface area contributed by atoms with Gasteiger partial charge in [0, 0.05) is 10.7 Å². The predicted octanol–water partition coefficient (Wildman–Crippen LogP) is 2.48. The Bertz CT molecular complexity index is 811. The number of nitrogens with zero attached hydrogens (tertiary/aromatic N) is 1. The number of hydrogen-bond acceptors (Lipinski definition) is 4. The topological polar surface area (TPSA) is 96.4 Å². The Hall–Kier alpha value is -2.00. The Morgan fingerprint density at radius 1 is 1.24 bits per heavy atom. The van der Waals surface area contributed by atoms with E-state index >= 15 is 0 Å². The van der Waals surface area contributed by atoms with E-state index in [9.17, 15) is 17.6 Å². The third-order valence-electron chi connectivity index (χ3n) is 2.39. The van der Waals surface area contributed by atoms with E-state index in [-0.39, 0.29) is 16.1 Å². The van der Waals surface area contributed by atoms with Crippen molar-refractivity contribution in [1.29, 1.82) is 0 Å². The number of sulfonamides is 1. The lowest BCUT2D eigenvalue weighted by molar-refractivity contribution is 0.0697. The summed E-state index contributed by atoms with van der Waals surface area (Å²) in [7, 11) is -4.06. The molecule has 0 fully saturated rings. The number of pyridine rings is 1. The number of rotatable bonds is 4. The Morgan fingerprint density at radius 2 is 1.95 bits per heavy atom. The maximum Gasteiger partial charge on any atom is 0.335 e. The van der Waals surface area contributed by atoms with Crippen molar-refractivity contribution in [3.63, 3.8) is 0 Å². The third kappa shape index (κ3) is 3.76. The third-order valence-corrected chi connectivity index (χ3v) is 4.19. The molecule has 9 heteroatoms. The number of aromatic carboxylic acids is 1. The molecule has 1 heterocycles. The van der Waals surface area contributed by atoms with Crippen molar-refractivity contribution in [3.8, 4) is 0 Å². The molecule has 2 N–H and O–H groups in total. The van der Waals surface area contributed by atoms with Gasteiger partial charge in [-0.1, -0.05) is 15.9 Å². The Kier molecular flexibility index (Phi) is 4.24. The molecule has 0 aliphatic rings. The number of anilines is 1. The summed E-state index contributed by atoms with van der Waals surface area (Å²) in [5, 5.41) is 8.93. The van der Waals surface area contributed by atoms with E-state index in [1.165, 1.54) is 12.1 Å². The summed E-state index contributed by atoms with van der Waals surface area (Å²) in [5.74, 6) is -2.00. The zero-order valence-electron chi connectivity index (χ0n) is 10.2. The van der Waals surface area contributed by atoms with Crippen LogP contribution in [0.2, 0.25) is 0 Å². The second-order valence-electron chi connectivity index (χ2n) is 3.98. The van der Waals surface area contributed by atoms with Gasteiger partial charge in [0.2, 0.25) is 0 Å². The molecule has 6 nitrogen and oxygen atoms in total. The average Bonchev–Trinajstić information content (AvgIpc) is 2.37. The van der Waals surface area contributed by atoms with Gasteiger partial charge < -0.3 is 5.11 Å². The first-order valence-corrected chi connectivity index (χ1v) is 7.73. The highest BCUT2D eigenvalue weighted by molar-refractivity contribution is 9.10. The minimum atomic E-state index is -4.06. The van der Waals surface area contributed by atoms with Gasteiger partial charge in [-0.25, -0.2) is 17.6 Å². The summed E-state index contributed by atoms with van der Waals surface area (Å²) in [5.41, 5.74) is -0.0644. The molecule has 0 radical (unpaired) electrons. The van der Waals surface area contributed by atoms with Gasteiger partial charge in [0.15, 0.2) is 0 Å². The molecule has 0 amide bonds. The van der Waals surface area contributed by atoms with E-state index in [1.54, 1.807) is 0 Å². The number of carbonyl (C=O) groups is 1. The lowest BCUT2D eigenvalue weighted by Crippen LogP contribution is -2.14. The average molecular weight is 375 g/mol. The van der Waals surface area contributed by atoms with Crippen molar-refractivity contribution in [3.05, 3.63) is 52.5 Å².